The fourth-order valence-electron chi connectivity index (χ4n) is 10.0. The van der Waals surface area contributed by atoms with Gasteiger partial charge >= 0.3 is 23.9 Å². The molecule has 90 heavy (non-hydrogen) atoms. The number of unbranched alkanes of at least 4 members (excludes halogenated alkanes) is 2. The summed E-state index contributed by atoms with van der Waals surface area (Å²) in [7, 11) is 0. The van der Waals surface area contributed by atoms with Gasteiger partial charge in [-0.15, -0.1) is 0 Å². The average Bonchev–Trinajstić information content (AvgIpc) is 2.14. The zero-order valence-electron chi connectivity index (χ0n) is 50.8. The van der Waals surface area contributed by atoms with E-state index in [1.54, 1.807) is 45.9 Å². The maximum Gasteiger partial charge on any atom is 0.344 e. The number of nitrogens with one attached hydrogen (secondary N) is 7. The van der Waals surface area contributed by atoms with Gasteiger partial charge in [0.2, 0.25) is 29.5 Å². The van der Waals surface area contributed by atoms with Crippen molar-refractivity contribution >= 4 is 59.4 Å². The summed E-state index contributed by atoms with van der Waals surface area (Å²) in [5.41, 5.74) is 8.01. The van der Waals surface area contributed by atoms with E-state index in [1.165, 1.54) is 0 Å². The number of aliphatic carboxylic acids is 3. The van der Waals surface area contributed by atoms with Crippen molar-refractivity contribution < 1.29 is 77.1 Å². The van der Waals surface area contributed by atoms with Crippen LogP contribution in [0.1, 0.15) is 86.6 Å². The molecule has 2 aliphatic rings. The van der Waals surface area contributed by atoms with Crippen LogP contribution in [0.15, 0.2) is 65.7 Å². The summed E-state index contributed by atoms with van der Waals surface area (Å²) in [6.45, 7) is 4.71. The number of aliphatic imine (C=N–C) groups is 1. The van der Waals surface area contributed by atoms with Crippen LogP contribution in [0.3, 0.4) is 0 Å². The van der Waals surface area contributed by atoms with Crippen molar-refractivity contribution in [1.82, 2.24) is 61.7 Å². The van der Waals surface area contributed by atoms with E-state index in [0.717, 1.165) is 11.1 Å². The first-order valence-corrected chi connectivity index (χ1v) is 30.2. The number of aromatic hydroxyl groups is 1. The van der Waals surface area contributed by atoms with Crippen molar-refractivity contribution in [3.05, 3.63) is 94.6 Å². The number of phenolic OH excluding ortho intramolecular Hbond substituents is 1. The van der Waals surface area contributed by atoms with Crippen LogP contribution in [0.4, 0.5) is 13.6 Å². The van der Waals surface area contributed by atoms with Crippen LogP contribution in [0, 0.1) is 11.6 Å². The summed E-state index contributed by atoms with van der Waals surface area (Å²) in [6.07, 6.45) is 3.08. The van der Waals surface area contributed by atoms with E-state index in [-0.39, 0.29) is 141 Å². The fourth-order valence-corrected chi connectivity index (χ4v) is 10.0. The molecule has 0 bridgehead atoms. The minimum absolute atomic E-state index is 0.00164. The second-order valence-corrected chi connectivity index (χ2v) is 21.8. The Bertz CT molecular complexity index is 2830. The molecule has 13 N–H and O–H groups in total. The highest BCUT2D eigenvalue weighted by Crippen LogP contribution is 2.33. The van der Waals surface area contributed by atoms with Crippen LogP contribution in [0.25, 0.3) is 0 Å². The number of carbonyl (C=O) groups is 9. The van der Waals surface area contributed by atoms with Gasteiger partial charge in [-0.3, -0.25) is 62.9 Å². The van der Waals surface area contributed by atoms with Gasteiger partial charge in [-0.2, -0.15) is 4.99 Å². The zero-order valence-corrected chi connectivity index (χ0v) is 50.8. The Morgan fingerprint density at radius 3 is 1.66 bits per heavy atom. The molecule has 0 aromatic heterocycles. The molecule has 0 aliphatic carbocycles. The van der Waals surface area contributed by atoms with Gasteiger partial charge in [0.15, 0.2) is 5.96 Å². The Hall–Kier alpha value is -8.58. The topological polar surface area (TPSA) is 383 Å². The fraction of sp³-hybridized carbons (Fsp3) is 0.533. The molecule has 2 heterocycles. The van der Waals surface area contributed by atoms with Crippen molar-refractivity contribution in [2.24, 2.45) is 10.7 Å². The largest absolute Gasteiger partial charge is 0.508 e. The van der Waals surface area contributed by atoms with E-state index in [4.69, 9.17) is 10.5 Å². The number of nitrogens with zero attached hydrogens (tertiary/aromatic N) is 6. The number of carbonyl (C=O) groups excluding carboxylic acids is 6. The van der Waals surface area contributed by atoms with Gasteiger partial charge in [0.05, 0.1) is 32.8 Å². The first-order chi connectivity index (χ1) is 43.1. The predicted molar refractivity (Wildman–Crippen MR) is 325 cm³/mol. The molecule has 0 spiro atoms. The third kappa shape index (κ3) is 27.0. The lowest BCUT2D eigenvalue weighted by molar-refractivity contribution is -0.140. The number of guanidine groups is 1. The smallest absolute Gasteiger partial charge is 0.344 e. The number of hydrogen-bond acceptors (Lipinski definition) is 16. The molecular weight excluding hydrogens is 1180 g/mol. The normalized spacial score (nSPS) is 15.4. The highest BCUT2D eigenvalue weighted by molar-refractivity contribution is 5.92. The summed E-state index contributed by atoms with van der Waals surface area (Å²) in [5.74, 6) is -7.56. The van der Waals surface area contributed by atoms with E-state index < -0.39 is 77.3 Å². The van der Waals surface area contributed by atoms with Gasteiger partial charge in [0.25, 0.3) is 0 Å². The molecule has 2 aliphatic heterocycles. The van der Waals surface area contributed by atoms with Crippen molar-refractivity contribution in [2.75, 3.05) is 118 Å². The molecule has 1 saturated heterocycles. The zero-order chi connectivity index (χ0) is 65.4. The number of hydrogen-bond donors (Lipinski definition) is 12. The van der Waals surface area contributed by atoms with E-state index in [9.17, 15) is 72.4 Å². The lowest BCUT2D eigenvalue weighted by Gasteiger charge is -2.32. The van der Waals surface area contributed by atoms with Crippen LogP contribution >= 0.6 is 0 Å². The molecular formula is C60H86F2N14O14. The molecule has 3 aromatic rings. The minimum atomic E-state index is -1.24. The summed E-state index contributed by atoms with van der Waals surface area (Å²) in [5, 5.41) is 57.1. The van der Waals surface area contributed by atoms with Crippen LogP contribution in [0.5, 0.6) is 11.5 Å². The maximum absolute atomic E-state index is 14.7. The number of carboxylic acid groups (broad SMARTS) is 3. The Morgan fingerprint density at radius 2 is 1.10 bits per heavy atom. The first-order valence-electron chi connectivity index (χ1n) is 30.2. The number of amides is 7. The number of urea groups is 1. The number of carboxylic acids is 3. The first kappa shape index (κ1) is 72.2. The Balaban J connectivity index is 1.09. The molecule has 5 rings (SSSR count). The molecule has 0 saturated carbocycles. The van der Waals surface area contributed by atoms with Crippen LogP contribution < -0.4 is 47.7 Å². The molecule has 0 unspecified atom stereocenters. The number of rotatable bonds is 34. The lowest BCUT2D eigenvalue weighted by Crippen LogP contribution is -2.50. The second kappa shape index (κ2) is 38.7. The maximum atomic E-state index is 14.7. The minimum Gasteiger partial charge on any atom is -0.508 e. The molecule has 3 aromatic carbocycles. The van der Waals surface area contributed by atoms with Gasteiger partial charge in [-0.1, -0.05) is 49.7 Å². The molecule has 28 nitrogen and oxygen atoms in total. The van der Waals surface area contributed by atoms with Gasteiger partial charge in [0, 0.05) is 135 Å². The van der Waals surface area contributed by atoms with Gasteiger partial charge in [0.1, 0.15) is 35.2 Å². The Morgan fingerprint density at radius 1 is 0.589 bits per heavy atom. The Labute approximate surface area is 521 Å². The predicted octanol–water partition coefficient (Wildman–Crippen LogP) is 0.486. The number of halogens is 2. The lowest BCUT2D eigenvalue weighted by atomic mass is 10.0. The highest BCUT2D eigenvalue weighted by Gasteiger charge is 2.35. The van der Waals surface area contributed by atoms with Gasteiger partial charge < -0.3 is 68.1 Å². The summed E-state index contributed by atoms with van der Waals surface area (Å²) in [6, 6.07) is 13.1. The number of benzene rings is 3. The molecule has 2 atom stereocenters. The van der Waals surface area contributed by atoms with E-state index in [2.05, 4.69) is 42.2 Å². The number of ether oxygens (including phenoxy) is 1. The summed E-state index contributed by atoms with van der Waals surface area (Å²) >= 11 is 0. The second-order valence-electron chi connectivity index (χ2n) is 21.8. The van der Waals surface area contributed by atoms with Crippen molar-refractivity contribution in [2.45, 2.75) is 90.0 Å². The molecule has 7 amide bonds. The summed E-state index contributed by atoms with van der Waals surface area (Å²) in [4.78, 5) is 125. The Kier molecular flexibility index (Phi) is 31.1. The number of fused-ring (bicyclic) bond motifs is 1. The third-order valence-electron chi connectivity index (χ3n) is 14.8. The molecule has 0 radical (unpaired) electrons. The molecule has 494 valence electrons. The van der Waals surface area contributed by atoms with Gasteiger partial charge in [-0.05, 0) is 60.9 Å². The van der Waals surface area contributed by atoms with E-state index in [1.807, 2.05) is 34.1 Å². The van der Waals surface area contributed by atoms with Crippen LogP contribution in [-0.2, 0) is 58.0 Å². The van der Waals surface area contributed by atoms with E-state index >= 15 is 0 Å². The quantitative estimate of drug-likeness (QED) is 0.0220. The number of nitrogens with two attached hydrogens (primary N) is 1. The van der Waals surface area contributed by atoms with E-state index in [0.29, 0.717) is 88.4 Å². The van der Waals surface area contributed by atoms with Gasteiger partial charge in [-0.25, -0.2) is 13.6 Å². The van der Waals surface area contributed by atoms with Crippen molar-refractivity contribution in [3.8, 4) is 11.5 Å². The average molecular weight is 1270 g/mol. The van der Waals surface area contributed by atoms with Crippen molar-refractivity contribution in [3.63, 3.8) is 0 Å². The molecule has 30 heteroatoms. The standard InChI is InChI=1S/C60H86F2N14O14/c1-2-50(78)66-21-22-68-60(89)71-59(63)67-19-8-12-49(57(87)69-34-46-47(61)32-44(77)33-48(46)62)70-58(88)56(76-35-42-10-5-6-11-43(42)36-76)41-14-16-45(17-15-41)90-31-9-20-64-51(79)13-4-3-7-18-65-52(80)37-72-23-25-73(38-53(81)82)27-29-75(40-55(85)86)30-28-74(26-24-72)39-54(83)84/h5-6,10-11,14-17,32-33,49,56,77H,2-4,7-9,12-13,18-31,34-40H2,1H3,(H,64,79)(H,65,80)(H,66,78)(H,69,87)(H,70,88)(H,81,82)(H,83,84)(H,85,86)(H4,63,67,68,71,89)/t49-,56+/m1/s1. The van der Waals surface area contributed by atoms with Crippen LogP contribution in [0.2, 0.25) is 0 Å². The monoisotopic (exact) mass is 1260 g/mol. The SMILES string of the molecule is CCC(=O)NCCNC(=O)/N=C(/N)NCCC[C@@H](NC(=O)[C@H](c1ccc(OCCCNC(=O)CCCCCNC(=O)CN2CCN(CC(=O)O)CCN(CC(=O)O)CCN(CC(=O)O)CC2)cc1)N1Cc2ccccc2C1)C(=O)NCc1c(F)cc(O)cc1F. The van der Waals surface area contributed by atoms with Crippen molar-refractivity contribution in [1.29, 1.82) is 0 Å². The molecule has 1 fully saturated rings. The third-order valence-corrected chi connectivity index (χ3v) is 14.8. The summed E-state index contributed by atoms with van der Waals surface area (Å²) < 4.78 is 35.4. The number of phenols is 1. The highest BCUT2D eigenvalue weighted by atomic mass is 19.1. The van der Waals surface area contributed by atoms with Crippen LogP contribution in [-0.4, -0.2) is 228 Å².